The van der Waals surface area contributed by atoms with E-state index in [9.17, 15) is 9.18 Å². The fraction of sp³-hybridized carbons (Fsp3) is 0.346. The number of hydrogen-bond acceptors (Lipinski definition) is 5. The van der Waals surface area contributed by atoms with E-state index < -0.39 is 0 Å². The number of nitrogens with zero attached hydrogens (tertiary/aromatic N) is 4. The van der Waals surface area contributed by atoms with Crippen LogP contribution in [0.5, 0.6) is 11.8 Å². The van der Waals surface area contributed by atoms with E-state index in [1.165, 1.54) is 12.1 Å². The molecule has 0 unspecified atom stereocenters. The third kappa shape index (κ3) is 4.33. The fourth-order valence-electron chi connectivity index (χ4n) is 5.35. The van der Waals surface area contributed by atoms with Gasteiger partial charge in [0.15, 0.2) is 0 Å². The molecule has 1 aromatic heterocycles. The number of amides is 1. The number of hydrogen-bond donors (Lipinski definition) is 0. The van der Waals surface area contributed by atoms with Crippen molar-refractivity contribution >= 4 is 5.91 Å². The molecule has 2 aliphatic rings. The summed E-state index contributed by atoms with van der Waals surface area (Å²) in [6.07, 6.45) is 5.72. The van der Waals surface area contributed by atoms with E-state index in [-0.39, 0.29) is 23.2 Å². The number of carbonyl (C=O) groups excluding carboxylic acids is 1. The minimum Gasteiger partial charge on any atom is -0.424 e. The minimum absolute atomic E-state index is 0.129. The number of piperidine rings is 1. The number of rotatable bonds is 5. The predicted molar refractivity (Wildman–Crippen MR) is 122 cm³/mol. The smallest absolute Gasteiger partial charge is 0.321 e. The van der Waals surface area contributed by atoms with Gasteiger partial charge in [0, 0.05) is 51.4 Å². The molecule has 1 spiro atoms. The van der Waals surface area contributed by atoms with Gasteiger partial charge in [0.05, 0.1) is 5.54 Å². The highest BCUT2D eigenvalue weighted by Gasteiger charge is 2.52. The second-order valence-corrected chi connectivity index (χ2v) is 8.96. The van der Waals surface area contributed by atoms with Crippen LogP contribution in [-0.2, 0) is 11.3 Å². The first kappa shape index (κ1) is 21.5. The molecule has 170 valence electrons. The lowest BCUT2D eigenvalue weighted by atomic mass is 9.75. The van der Waals surface area contributed by atoms with Gasteiger partial charge in [-0.2, -0.15) is 0 Å². The Morgan fingerprint density at radius 2 is 1.91 bits per heavy atom. The van der Waals surface area contributed by atoms with Crippen molar-refractivity contribution in [1.82, 2.24) is 19.8 Å². The number of carbonyl (C=O) groups is 1. The van der Waals surface area contributed by atoms with Gasteiger partial charge in [0.2, 0.25) is 5.91 Å². The molecule has 0 aliphatic carbocycles. The van der Waals surface area contributed by atoms with Gasteiger partial charge < -0.3 is 9.64 Å². The summed E-state index contributed by atoms with van der Waals surface area (Å²) in [5.74, 6) is 0.764. The summed E-state index contributed by atoms with van der Waals surface area (Å²) >= 11 is 0. The molecule has 3 aromatic rings. The maximum absolute atomic E-state index is 13.6. The molecule has 2 aliphatic heterocycles. The molecule has 5 rings (SSSR count). The highest BCUT2D eigenvalue weighted by atomic mass is 19.1. The molecular formula is C26H27FN4O2. The van der Waals surface area contributed by atoms with Crippen LogP contribution in [0.1, 0.15) is 36.3 Å². The summed E-state index contributed by atoms with van der Waals surface area (Å²) in [6.45, 7) is 2.31. The third-order valence-electron chi connectivity index (χ3n) is 6.96. The monoisotopic (exact) mass is 446 g/mol. The van der Waals surface area contributed by atoms with Gasteiger partial charge in [-0.15, -0.1) is 0 Å². The van der Waals surface area contributed by atoms with Crippen molar-refractivity contribution in [3.63, 3.8) is 0 Å². The molecule has 6 nitrogen and oxygen atoms in total. The van der Waals surface area contributed by atoms with Crippen molar-refractivity contribution < 1.29 is 13.9 Å². The number of likely N-dealkylation sites (tertiary alicyclic amines) is 2. The first-order valence-electron chi connectivity index (χ1n) is 11.3. The molecule has 7 heteroatoms. The lowest BCUT2D eigenvalue weighted by Gasteiger charge is -2.46. The zero-order valence-electron chi connectivity index (χ0n) is 18.7. The summed E-state index contributed by atoms with van der Waals surface area (Å²) in [6, 6.07) is 16.8. The van der Waals surface area contributed by atoms with Crippen LogP contribution in [-0.4, -0.2) is 51.4 Å². The van der Waals surface area contributed by atoms with E-state index in [0.717, 1.165) is 43.6 Å². The molecule has 33 heavy (non-hydrogen) atoms. The number of aromatic nitrogens is 2. The Bertz CT molecular complexity index is 1120. The van der Waals surface area contributed by atoms with Crippen molar-refractivity contribution in [1.29, 1.82) is 0 Å². The van der Waals surface area contributed by atoms with Crippen molar-refractivity contribution in [3.05, 3.63) is 83.9 Å². The molecular weight excluding hydrogens is 419 g/mol. The average Bonchev–Trinajstić information content (AvgIpc) is 3.17. The molecule has 2 saturated heterocycles. The summed E-state index contributed by atoms with van der Waals surface area (Å²) in [4.78, 5) is 25.3. The maximum Gasteiger partial charge on any atom is 0.321 e. The topological polar surface area (TPSA) is 58.6 Å². The molecule has 2 aromatic carbocycles. The molecule has 0 saturated carbocycles. The van der Waals surface area contributed by atoms with E-state index >= 15 is 0 Å². The Kier molecular flexibility index (Phi) is 5.81. The van der Waals surface area contributed by atoms with Gasteiger partial charge in [-0.05, 0) is 54.3 Å². The summed E-state index contributed by atoms with van der Waals surface area (Å²) < 4.78 is 19.4. The van der Waals surface area contributed by atoms with Crippen LogP contribution in [0.25, 0.3) is 0 Å². The molecule has 0 radical (unpaired) electrons. The van der Waals surface area contributed by atoms with Crippen LogP contribution >= 0.6 is 0 Å². The van der Waals surface area contributed by atoms with Crippen LogP contribution < -0.4 is 4.74 Å². The second-order valence-electron chi connectivity index (χ2n) is 8.96. The Morgan fingerprint density at radius 1 is 1.12 bits per heavy atom. The number of halogens is 1. The SMILES string of the molecule is CN1C(=O)CCC[C@]12CN(Cc1cccc(Oc3ncccn3)c1)C[C@H]2c1ccc(F)cc1. The van der Waals surface area contributed by atoms with E-state index in [1.54, 1.807) is 18.5 Å². The van der Waals surface area contributed by atoms with Crippen LogP contribution in [0, 0.1) is 5.82 Å². The summed E-state index contributed by atoms with van der Waals surface area (Å²) in [5, 5.41) is 0. The normalized spacial score (nSPS) is 23.3. The minimum atomic E-state index is -0.279. The van der Waals surface area contributed by atoms with Gasteiger partial charge >= 0.3 is 6.01 Å². The Labute approximate surface area is 193 Å². The Morgan fingerprint density at radius 3 is 2.70 bits per heavy atom. The van der Waals surface area contributed by atoms with Crippen LogP contribution in [0.2, 0.25) is 0 Å². The Hall–Kier alpha value is -3.32. The zero-order valence-corrected chi connectivity index (χ0v) is 18.7. The third-order valence-corrected chi connectivity index (χ3v) is 6.96. The van der Waals surface area contributed by atoms with Crippen molar-refractivity contribution in [3.8, 4) is 11.8 Å². The molecule has 3 heterocycles. The average molecular weight is 447 g/mol. The molecule has 2 fully saturated rings. The number of likely N-dealkylation sites (N-methyl/N-ethyl adjacent to an activating group) is 1. The second kappa shape index (κ2) is 8.90. The van der Waals surface area contributed by atoms with E-state index in [1.807, 2.05) is 42.3 Å². The van der Waals surface area contributed by atoms with Crippen molar-refractivity contribution in [2.75, 3.05) is 20.1 Å². The zero-order chi connectivity index (χ0) is 22.8. The van der Waals surface area contributed by atoms with E-state index in [0.29, 0.717) is 18.2 Å². The van der Waals surface area contributed by atoms with E-state index in [2.05, 4.69) is 20.9 Å². The molecule has 2 atom stereocenters. The van der Waals surface area contributed by atoms with Gasteiger partial charge in [0.25, 0.3) is 0 Å². The van der Waals surface area contributed by atoms with Gasteiger partial charge in [0.1, 0.15) is 11.6 Å². The van der Waals surface area contributed by atoms with Crippen LogP contribution in [0.3, 0.4) is 0 Å². The molecule has 0 N–H and O–H groups in total. The van der Waals surface area contributed by atoms with Gasteiger partial charge in [-0.1, -0.05) is 24.3 Å². The largest absolute Gasteiger partial charge is 0.424 e. The van der Waals surface area contributed by atoms with Gasteiger partial charge in [-0.25, -0.2) is 14.4 Å². The summed E-state index contributed by atoms with van der Waals surface area (Å²) in [7, 11) is 1.93. The lowest BCUT2D eigenvalue weighted by Crippen LogP contribution is -2.56. The fourth-order valence-corrected chi connectivity index (χ4v) is 5.35. The molecule has 1 amide bonds. The van der Waals surface area contributed by atoms with Crippen LogP contribution in [0.4, 0.5) is 4.39 Å². The lowest BCUT2D eigenvalue weighted by molar-refractivity contribution is -0.139. The van der Waals surface area contributed by atoms with E-state index in [4.69, 9.17) is 4.74 Å². The highest BCUT2D eigenvalue weighted by molar-refractivity contribution is 5.78. The predicted octanol–water partition coefficient (Wildman–Crippen LogP) is 4.39. The molecule has 0 bridgehead atoms. The summed E-state index contributed by atoms with van der Waals surface area (Å²) in [5.41, 5.74) is 1.92. The number of benzene rings is 2. The maximum atomic E-state index is 13.6. The first-order valence-corrected chi connectivity index (χ1v) is 11.3. The standard InChI is InChI=1S/C26H27FN4O2/c1-30-24(32)7-3-12-26(30)18-31(17-23(26)20-8-10-21(27)11-9-20)16-19-5-2-6-22(15-19)33-25-28-13-4-14-29-25/h2,4-6,8-11,13-15,23H,3,7,12,16-18H2,1H3/t23-,26+/m0/s1. The highest BCUT2D eigenvalue weighted by Crippen LogP contribution is 2.46. The van der Waals surface area contributed by atoms with Gasteiger partial charge in [-0.3, -0.25) is 9.69 Å². The first-order chi connectivity index (χ1) is 16.0. The quantitative estimate of drug-likeness (QED) is 0.582. The van der Waals surface area contributed by atoms with Crippen molar-refractivity contribution in [2.24, 2.45) is 0 Å². The number of ether oxygens (including phenoxy) is 1. The Balaban J connectivity index is 1.39. The van der Waals surface area contributed by atoms with Crippen molar-refractivity contribution in [2.45, 2.75) is 37.3 Å². The van der Waals surface area contributed by atoms with Crippen LogP contribution in [0.15, 0.2) is 67.0 Å².